The molecule has 1 fully saturated rings. The van der Waals surface area contributed by atoms with Gasteiger partial charge in [0, 0.05) is 32.6 Å². The lowest BCUT2D eigenvalue weighted by Crippen LogP contribution is -2.40. The standard InChI is InChI=1S/C20H24N2O5S/c1-22(2)28(24,25)18-11-7-6-10-16(18)14-21-19(23)17-12-13-26-20(27-17)15-8-4-3-5-9-15/h3-11,17,20H,12-14H2,1-2H3,(H,21,23)/t17-,20-/m1/s1. The van der Waals surface area contributed by atoms with Crippen LogP contribution in [0.3, 0.4) is 0 Å². The van der Waals surface area contributed by atoms with E-state index in [0.29, 0.717) is 18.6 Å². The van der Waals surface area contributed by atoms with E-state index in [1.165, 1.54) is 20.2 Å². The van der Waals surface area contributed by atoms with Crippen LogP contribution in [0.4, 0.5) is 0 Å². The molecule has 2 aromatic rings. The van der Waals surface area contributed by atoms with Crippen LogP contribution in [0.1, 0.15) is 23.8 Å². The fraction of sp³-hybridized carbons (Fsp3) is 0.350. The number of ether oxygens (including phenoxy) is 2. The molecule has 1 saturated heterocycles. The van der Waals surface area contributed by atoms with Crippen molar-refractivity contribution in [3.8, 4) is 0 Å². The van der Waals surface area contributed by atoms with Crippen molar-refractivity contribution in [3.63, 3.8) is 0 Å². The van der Waals surface area contributed by atoms with Crippen molar-refractivity contribution in [2.24, 2.45) is 0 Å². The van der Waals surface area contributed by atoms with Crippen LogP contribution < -0.4 is 5.32 Å². The lowest BCUT2D eigenvalue weighted by Gasteiger charge is -2.29. The topological polar surface area (TPSA) is 84.9 Å². The van der Waals surface area contributed by atoms with Crippen molar-refractivity contribution >= 4 is 15.9 Å². The van der Waals surface area contributed by atoms with Gasteiger partial charge in [-0.1, -0.05) is 48.5 Å². The summed E-state index contributed by atoms with van der Waals surface area (Å²) in [6.45, 7) is 0.502. The molecular formula is C20H24N2O5S. The number of rotatable bonds is 6. The van der Waals surface area contributed by atoms with Gasteiger partial charge in [0.15, 0.2) is 6.29 Å². The van der Waals surface area contributed by atoms with Crippen molar-refractivity contribution in [1.29, 1.82) is 0 Å². The zero-order valence-electron chi connectivity index (χ0n) is 15.9. The third-order valence-corrected chi connectivity index (χ3v) is 6.40. The minimum absolute atomic E-state index is 0.0960. The molecule has 2 aromatic carbocycles. The van der Waals surface area contributed by atoms with Gasteiger partial charge in [-0.3, -0.25) is 4.79 Å². The molecule has 1 N–H and O–H groups in total. The third-order valence-electron chi connectivity index (χ3n) is 4.49. The Morgan fingerprint density at radius 1 is 1.11 bits per heavy atom. The minimum Gasteiger partial charge on any atom is -0.350 e. The van der Waals surface area contributed by atoms with E-state index in [1.807, 2.05) is 30.3 Å². The zero-order chi connectivity index (χ0) is 20.1. The molecule has 0 saturated carbocycles. The number of nitrogens with one attached hydrogen (secondary N) is 1. The highest BCUT2D eigenvalue weighted by molar-refractivity contribution is 7.89. The molecule has 1 amide bonds. The molecule has 0 aliphatic carbocycles. The predicted molar refractivity (Wildman–Crippen MR) is 104 cm³/mol. The number of hydrogen-bond acceptors (Lipinski definition) is 5. The van der Waals surface area contributed by atoms with Gasteiger partial charge in [-0.15, -0.1) is 0 Å². The summed E-state index contributed by atoms with van der Waals surface area (Å²) in [6, 6.07) is 16.1. The van der Waals surface area contributed by atoms with Crippen molar-refractivity contribution < 1.29 is 22.7 Å². The number of sulfonamides is 1. The number of benzene rings is 2. The Hall–Kier alpha value is -2.26. The maximum atomic E-state index is 12.6. The molecule has 28 heavy (non-hydrogen) atoms. The first-order chi connectivity index (χ1) is 13.4. The smallest absolute Gasteiger partial charge is 0.249 e. The summed E-state index contributed by atoms with van der Waals surface area (Å²) in [5.41, 5.74) is 1.37. The largest absolute Gasteiger partial charge is 0.350 e. The van der Waals surface area contributed by atoms with Crippen LogP contribution in [0, 0.1) is 0 Å². The van der Waals surface area contributed by atoms with Crippen molar-refractivity contribution in [2.45, 2.75) is 30.3 Å². The second-order valence-electron chi connectivity index (χ2n) is 6.64. The van der Waals surface area contributed by atoms with Crippen LogP contribution in [-0.2, 0) is 30.8 Å². The van der Waals surface area contributed by atoms with Gasteiger partial charge in [-0.05, 0) is 11.6 Å². The molecule has 0 aromatic heterocycles. The second-order valence-corrected chi connectivity index (χ2v) is 8.76. The Morgan fingerprint density at radius 2 is 1.79 bits per heavy atom. The summed E-state index contributed by atoms with van der Waals surface area (Å²) in [7, 11) is -0.641. The van der Waals surface area contributed by atoms with E-state index < -0.39 is 22.4 Å². The lowest BCUT2D eigenvalue weighted by atomic mass is 10.1. The van der Waals surface area contributed by atoms with Crippen molar-refractivity contribution in [2.75, 3.05) is 20.7 Å². The normalized spacial score (nSPS) is 20.1. The van der Waals surface area contributed by atoms with Gasteiger partial charge < -0.3 is 14.8 Å². The van der Waals surface area contributed by atoms with E-state index in [0.717, 1.165) is 9.87 Å². The molecule has 150 valence electrons. The monoisotopic (exact) mass is 404 g/mol. The molecule has 1 aliphatic heterocycles. The Balaban J connectivity index is 1.66. The van der Waals surface area contributed by atoms with Gasteiger partial charge >= 0.3 is 0 Å². The van der Waals surface area contributed by atoms with Gasteiger partial charge in [-0.2, -0.15) is 0 Å². The van der Waals surface area contributed by atoms with Crippen LogP contribution in [0.15, 0.2) is 59.5 Å². The molecule has 0 radical (unpaired) electrons. The second kappa shape index (κ2) is 8.83. The summed E-state index contributed by atoms with van der Waals surface area (Å²) >= 11 is 0. The SMILES string of the molecule is CN(C)S(=O)(=O)c1ccccc1CNC(=O)[C@H]1CCO[C@@H](c2ccccc2)O1. The van der Waals surface area contributed by atoms with Gasteiger partial charge in [0.05, 0.1) is 11.5 Å². The number of amides is 1. The highest BCUT2D eigenvalue weighted by atomic mass is 32.2. The fourth-order valence-electron chi connectivity index (χ4n) is 2.91. The molecule has 7 nitrogen and oxygen atoms in total. The van der Waals surface area contributed by atoms with E-state index in [4.69, 9.17) is 9.47 Å². The average Bonchev–Trinajstić information content (AvgIpc) is 2.72. The van der Waals surface area contributed by atoms with E-state index in [-0.39, 0.29) is 17.3 Å². The molecular weight excluding hydrogens is 380 g/mol. The Kier molecular flexibility index (Phi) is 6.46. The third kappa shape index (κ3) is 4.59. The minimum atomic E-state index is -3.59. The first-order valence-corrected chi connectivity index (χ1v) is 10.4. The zero-order valence-corrected chi connectivity index (χ0v) is 16.7. The van der Waals surface area contributed by atoms with Crippen LogP contribution >= 0.6 is 0 Å². The van der Waals surface area contributed by atoms with Gasteiger partial charge in [-0.25, -0.2) is 12.7 Å². The summed E-state index contributed by atoms with van der Waals surface area (Å²) in [6.07, 6.45) is -0.809. The fourth-order valence-corrected chi connectivity index (χ4v) is 4.03. The first-order valence-electron chi connectivity index (χ1n) is 9.00. The predicted octanol–water partition coefficient (Wildman–Crippen LogP) is 2.06. The highest BCUT2D eigenvalue weighted by Crippen LogP contribution is 2.26. The average molecular weight is 404 g/mol. The Labute approximate surface area is 165 Å². The summed E-state index contributed by atoms with van der Waals surface area (Å²) in [5.74, 6) is -0.290. The van der Waals surface area contributed by atoms with Crippen molar-refractivity contribution in [1.82, 2.24) is 9.62 Å². The summed E-state index contributed by atoms with van der Waals surface area (Å²) < 4.78 is 37.5. The lowest BCUT2D eigenvalue weighted by molar-refractivity contribution is -0.216. The molecule has 3 rings (SSSR count). The number of carbonyl (C=O) groups excluding carboxylic acids is 1. The summed E-state index contributed by atoms with van der Waals surface area (Å²) in [5, 5.41) is 2.79. The highest BCUT2D eigenvalue weighted by Gasteiger charge is 2.29. The van der Waals surface area contributed by atoms with Crippen LogP contribution in [0.25, 0.3) is 0 Å². The van der Waals surface area contributed by atoms with Gasteiger partial charge in [0.2, 0.25) is 15.9 Å². The molecule has 8 heteroatoms. The number of carbonyl (C=O) groups is 1. The summed E-state index contributed by atoms with van der Waals surface area (Å²) in [4.78, 5) is 12.8. The van der Waals surface area contributed by atoms with E-state index in [9.17, 15) is 13.2 Å². The van der Waals surface area contributed by atoms with Crippen LogP contribution in [-0.4, -0.2) is 45.4 Å². The molecule has 2 atom stereocenters. The molecule has 1 aliphatic rings. The van der Waals surface area contributed by atoms with Gasteiger partial charge in [0.1, 0.15) is 6.10 Å². The molecule has 1 heterocycles. The number of hydrogen-bond donors (Lipinski definition) is 1. The van der Waals surface area contributed by atoms with E-state index in [1.54, 1.807) is 18.2 Å². The first kappa shape index (κ1) is 20.5. The van der Waals surface area contributed by atoms with Crippen molar-refractivity contribution in [3.05, 3.63) is 65.7 Å². The maximum Gasteiger partial charge on any atom is 0.249 e. The Bertz CT molecular complexity index is 915. The van der Waals surface area contributed by atoms with E-state index in [2.05, 4.69) is 5.32 Å². The Morgan fingerprint density at radius 3 is 2.50 bits per heavy atom. The van der Waals surface area contributed by atoms with Crippen LogP contribution in [0.5, 0.6) is 0 Å². The van der Waals surface area contributed by atoms with Crippen LogP contribution in [0.2, 0.25) is 0 Å². The van der Waals surface area contributed by atoms with Gasteiger partial charge in [0.25, 0.3) is 0 Å². The number of nitrogens with zero attached hydrogens (tertiary/aromatic N) is 1. The molecule has 0 bridgehead atoms. The molecule has 0 unspecified atom stereocenters. The maximum absolute atomic E-state index is 12.6. The molecule has 0 spiro atoms. The van der Waals surface area contributed by atoms with E-state index >= 15 is 0 Å². The quantitative estimate of drug-likeness (QED) is 0.797.